The maximum absolute atomic E-state index is 13.2. The maximum Gasteiger partial charge on any atom is 0.295 e. The number of likely N-dealkylation sites (tertiary alicyclic amines) is 1. The molecule has 0 spiro atoms. The summed E-state index contributed by atoms with van der Waals surface area (Å²) in [5.41, 5.74) is 1.13. The molecule has 1 heterocycles. The summed E-state index contributed by atoms with van der Waals surface area (Å²) in [6.07, 6.45) is 0.00524. The Morgan fingerprint density at radius 3 is 2.22 bits per heavy atom. The van der Waals surface area contributed by atoms with Crippen LogP contribution in [0.5, 0.6) is 17.2 Å². The van der Waals surface area contributed by atoms with Crippen molar-refractivity contribution in [2.45, 2.75) is 39.8 Å². The maximum atomic E-state index is 13.2. The first-order valence-electron chi connectivity index (χ1n) is 12.3. The van der Waals surface area contributed by atoms with Gasteiger partial charge >= 0.3 is 0 Å². The Labute approximate surface area is 213 Å². The van der Waals surface area contributed by atoms with Gasteiger partial charge < -0.3 is 29.1 Å². The Kier molecular flexibility index (Phi) is 8.98. The van der Waals surface area contributed by atoms with E-state index in [0.29, 0.717) is 54.7 Å². The van der Waals surface area contributed by atoms with E-state index in [1.54, 1.807) is 42.5 Å². The van der Waals surface area contributed by atoms with E-state index in [-0.39, 0.29) is 17.4 Å². The molecule has 0 radical (unpaired) electrons. The minimum absolute atomic E-state index is 0.00524. The number of nitrogens with zero attached hydrogens (tertiary/aromatic N) is 2. The van der Waals surface area contributed by atoms with Crippen LogP contribution in [0.25, 0.3) is 5.76 Å². The van der Waals surface area contributed by atoms with Crippen molar-refractivity contribution < 1.29 is 28.9 Å². The van der Waals surface area contributed by atoms with Crippen LogP contribution >= 0.6 is 0 Å². The fourth-order valence-electron chi connectivity index (χ4n) is 4.12. The molecule has 1 N–H and O–H groups in total. The Morgan fingerprint density at radius 1 is 1.00 bits per heavy atom. The Hall–Kier alpha value is -3.52. The monoisotopic (exact) mass is 496 g/mol. The summed E-state index contributed by atoms with van der Waals surface area (Å²) in [6.45, 7) is 9.38. The van der Waals surface area contributed by atoms with Crippen LogP contribution < -0.4 is 14.2 Å². The summed E-state index contributed by atoms with van der Waals surface area (Å²) in [5, 5.41) is 11.3. The molecule has 1 atom stereocenters. The number of benzene rings is 2. The molecule has 1 aliphatic heterocycles. The molecule has 0 saturated carbocycles. The quantitative estimate of drug-likeness (QED) is 0.283. The average Bonchev–Trinajstić information content (AvgIpc) is 3.08. The normalized spacial score (nSPS) is 17.2. The van der Waals surface area contributed by atoms with Crippen molar-refractivity contribution in [3.05, 3.63) is 59.2 Å². The average molecular weight is 497 g/mol. The lowest BCUT2D eigenvalue weighted by Crippen LogP contribution is -2.35. The Morgan fingerprint density at radius 2 is 1.64 bits per heavy atom. The largest absolute Gasteiger partial charge is 0.507 e. The number of rotatable bonds is 11. The SMILES string of the molecule is CCOc1ccc([C@H]2/C(=C(\O)c3ccc(OC(C)C)cc3)C(=O)C(=O)N2CCN(C)C)cc1OCC. The van der Waals surface area contributed by atoms with Crippen LogP contribution in [-0.2, 0) is 9.59 Å². The number of carbonyl (C=O) groups excluding carboxylic acids is 2. The van der Waals surface area contributed by atoms with E-state index >= 15 is 0 Å². The molecule has 3 rings (SSSR count). The molecule has 2 aromatic carbocycles. The number of ether oxygens (including phenoxy) is 3. The minimum atomic E-state index is -0.772. The van der Waals surface area contributed by atoms with Crippen molar-refractivity contribution in [1.29, 1.82) is 0 Å². The number of ketones is 1. The van der Waals surface area contributed by atoms with Crippen molar-refractivity contribution in [3.63, 3.8) is 0 Å². The van der Waals surface area contributed by atoms with Crippen molar-refractivity contribution in [2.24, 2.45) is 0 Å². The first-order valence-corrected chi connectivity index (χ1v) is 12.3. The van der Waals surface area contributed by atoms with Crippen LogP contribution in [0.3, 0.4) is 0 Å². The van der Waals surface area contributed by atoms with Gasteiger partial charge in [-0.3, -0.25) is 9.59 Å². The molecule has 36 heavy (non-hydrogen) atoms. The number of amides is 1. The first-order chi connectivity index (χ1) is 17.2. The number of hydrogen-bond acceptors (Lipinski definition) is 7. The third-order valence-corrected chi connectivity index (χ3v) is 5.71. The van der Waals surface area contributed by atoms with Crippen LogP contribution in [0.2, 0.25) is 0 Å². The van der Waals surface area contributed by atoms with E-state index < -0.39 is 17.7 Å². The standard InChI is InChI=1S/C28H36N2O6/c1-7-34-22-14-11-20(17-23(22)35-8-2)25-24(27(32)28(33)30(25)16-15-29(5)6)26(31)19-9-12-21(13-10-19)36-18(3)4/h9-14,17-18,25,31H,7-8,15-16H2,1-6H3/b26-24+/t25-/m0/s1. The Balaban J connectivity index is 2.13. The van der Waals surface area contributed by atoms with E-state index in [1.165, 1.54) is 4.90 Å². The van der Waals surface area contributed by atoms with Crippen molar-refractivity contribution in [2.75, 3.05) is 40.4 Å². The third-order valence-electron chi connectivity index (χ3n) is 5.71. The zero-order valence-corrected chi connectivity index (χ0v) is 21.9. The van der Waals surface area contributed by atoms with Gasteiger partial charge in [0.1, 0.15) is 11.5 Å². The summed E-state index contributed by atoms with van der Waals surface area (Å²) >= 11 is 0. The fourth-order valence-corrected chi connectivity index (χ4v) is 4.12. The Bertz CT molecular complexity index is 1110. The zero-order chi connectivity index (χ0) is 26.4. The second kappa shape index (κ2) is 11.9. The number of aliphatic hydroxyl groups is 1. The number of aliphatic hydroxyl groups excluding tert-OH is 1. The molecule has 8 nitrogen and oxygen atoms in total. The highest BCUT2D eigenvalue weighted by molar-refractivity contribution is 6.46. The number of hydrogen-bond donors (Lipinski definition) is 1. The van der Waals surface area contributed by atoms with E-state index in [2.05, 4.69) is 0 Å². The van der Waals surface area contributed by atoms with Gasteiger partial charge in [0.2, 0.25) is 0 Å². The number of carbonyl (C=O) groups is 2. The molecule has 0 aliphatic carbocycles. The highest BCUT2D eigenvalue weighted by Crippen LogP contribution is 2.42. The summed E-state index contributed by atoms with van der Waals surface area (Å²) in [6, 6.07) is 11.4. The van der Waals surface area contributed by atoms with Crippen molar-refractivity contribution in [3.8, 4) is 17.2 Å². The van der Waals surface area contributed by atoms with Crippen LogP contribution in [0.1, 0.15) is 44.9 Å². The molecule has 194 valence electrons. The lowest BCUT2D eigenvalue weighted by atomic mass is 9.95. The highest BCUT2D eigenvalue weighted by atomic mass is 16.5. The highest BCUT2D eigenvalue weighted by Gasteiger charge is 2.46. The zero-order valence-electron chi connectivity index (χ0n) is 21.9. The smallest absolute Gasteiger partial charge is 0.295 e. The van der Waals surface area contributed by atoms with E-state index in [4.69, 9.17) is 14.2 Å². The molecule has 8 heteroatoms. The lowest BCUT2D eigenvalue weighted by Gasteiger charge is -2.27. The fraction of sp³-hybridized carbons (Fsp3) is 0.429. The molecule has 0 unspecified atom stereocenters. The summed E-state index contributed by atoms with van der Waals surface area (Å²) < 4.78 is 17.2. The van der Waals surface area contributed by atoms with Crippen LogP contribution in [0.4, 0.5) is 0 Å². The predicted octanol–water partition coefficient (Wildman–Crippen LogP) is 4.25. The molecule has 1 amide bonds. The predicted molar refractivity (Wildman–Crippen MR) is 139 cm³/mol. The van der Waals surface area contributed by atoms with E-state index in [0.717, 1.165) is 0 Å². The van der Waals surface area contributed by atoms with Gasteiger partial charge in [0.05, 0.1) is 30.9 Å². The third kappa shape index (κ3) is 5.99. The van der Waals surface area contributed by atoms with E-state index in [9.17, 15) is 14.7 Å². The van der Waals surface area contributed by atoms with Gasteiger partial charge in [0.25, 0.3) is 11.7 Å². The van der Waals surface area contributed by atoms with Crippen molar-refractivity contribution >= 4 is 17.4 Å². The molecule has 1 aliphatic rings. The van der Waals surface area contributed by atoms with Gasteiger partial charge in [-0.25, -0.2) is 0 Å². The number of Topliss-reactive ketones (excluding diaryl/α,β-unsaturated/α-hetero) is 1. The minimum Gasteiger partial charge on any atom is -0.507 e. The van der Waals surface area contributed by atoms with Gasteiger partial charge in [-0.2, -0.15) is 0 Å². The van der Waals surface area contributed by atoms with E-state index in [1.807, 2.05) is 46.7 Å². The van der Waals surface area contributed by atoms with Gasteiger partial charge in [0, 0.05) is 18.7 Å². The van der Waals surface area contributed by atoms with Crippen LogP contribution in [-0.4, -0.2) is 73.1 Å². The second-order valence-electron chi connectivity index (χ2n) is 9.06. The molecular formula is C28H36N2O6. The molecule has 0 bridgehead atoms. The van der Waals surface area contributed by atoms with Gasteiger partial charge in [-0.1, -0.05) is 6.07 Å². The van der Waals surface area contributed by atoms with Gasteiger partial charge in [-0.15, -0.1) is 0 Å². The molecule has 1 saturated heterocycles. The van der Waals surface area contributed by atoms with Crippen molar-refractivity contribution in [1.82, 2.24) is 9.80 Å². The summed E-state index contributed by atoms with van der Waals surface area (Å²) in [7, 11) is 3.80. The molecule has 2 aromatic rings. The van der Waals surface area contributed by atoms with Gasteiger partial charge in [-0.05, 0) is 83.8 Å². The lowest BCUT2D eigenvalue weighted by molar-refractivity contribution is -0.140. The molecule has 0 aromatic heterocycles. The first kappa shape index (κ1) is 27.1. The van der Waals surface area contributed by atoms with Gasteiger partial charge in [0.15, 0.2) is 11.5 Å². The topological polar surface area (TPSA) is 88.5 Å². The second-order valence-corrected chi connectivity index (χ2v) is 9.06. The molecular weight excluding hydrogens is 460 g/mol. The molecule has 1 fully saturated rings. The van der Waals surface area contributed by atoms with Crippen LogP contribution in [0, 0.1) is 0 Å². The van der Waals surface area contributed by atoms with Crippen LogP contribution in [0.15, 0.2) is 48.0 Å². The number of likely N-dealkylation sites (N-methyl/N-ethyl adjacent to an activating group) is 1. The summed E-state index contributed by atoms with van der Waals surface area (Å²) in [4.78, 5) is 29.8. The summed E-state index contributed by atoms with van der Waals surface area (Å²) in [5.74, 6) is 0.158.